The molecule has 0 aromatic carbocycles. The molecule has 0 heterocycles. The van der Waals surface area contributed by atoms with Crippen LogP contribution in [0.4, 0.5) is 30.7 Å². The minimum atomic E-state index is -5.40. The summed E-state index contributed by atoms with van der Waals surface area (Å²) in [5.41, 5.74) is -2.32. The van der Waals surface area contributed by atoms with E-state index in [0.29, 0.717) is 0 Å². The van der Waals surface area contributed by atoms with Crippen LogP contribution in [0.3, 0.4) is 0 Å². The van der Waals surface area contributed by atoms with Gasteiger partial charge in [-0.3, -0.25) is 0 Å². The fraction of sp³-hybridized carbons (Fsp3) is 1.00. The van der Waals surface area contributed by atoms with Gasteiger partial charge in [0.1, 0.15) is 0 Å². The van der Waals surface area contributed by atoms with Crippen molar-refractivity contribution in [3.63, 3.8) is 0 Å². The molecule has 0 aliphatic carbocycles. The van der Waals surface area contributed by atoms with Gasteiger partial charge in [0, 0.05) is 0 Å². The zero-order chi connectivity index (χ0) is 9.28. The quantitative estimate of drug-likeness (QED) is 0.491. The fourth-order valence-corrected chi connectivity index (χ4v) is 1.45. The van der Waals surface area contributed by atoms with Gasteiger partial charge >= 0.3 is 60.8 Å². The fourth-order valence-electron chi connectivity index (χ4n) is 0.279. The molecular weight excluding hydrogens is 244 g/mol. The molecule has 0 aromatic rings. The first-order chi connectivity index (χ1) is 4.69. The molecule has 0 radical (unpaired) electrons. The molecule has 0 rings (SSSR count). The third-order valence-corrected chi connectivity index (χ3v) is 3.80. The number of halogens is 7. The molecular formula is C3H2AsF7. The maximum absolute atomic E-state index is 11.3. The van der Waals surface area contributed by atoms with Gasteiger partial charge in [-0.2, -0.15) is 0 Å². The van der Waals surface area contributed by atoms with Crippen LogP contribution in [0.25, 0.3) is 0 Å². The number of hydrogen-bond acceptors (Lipinski definition) is 0. The van der Waals surface area contributed by atoms with E-state index in [9.17, 15) is 30.7 Å². The Morgan fingerprint density at radius 3 is 1.09 bits per heavy atom. The van der Waals surface area contributed by atoms with Gasteiger partial charge in [-0.05, 0) is 0 Å². The average molecular weight is 246 g/mol. The normalized spacial score (nSPS) is 14.2. The van der Waals surface area contributed by atoms with Gasteiger partial charge in [0.05, 0.1) is 0 Å². The van der Waals surface area contributed by atoms with Crippen LogP contribution in [0.2, 0.25) is 0 Å². The molecule has 11 heavy (non-hydrogen) atoms. The Balaban J connectivity index is 4.43. The van der Waals surface area contributed by atoms with E-state index in [0.717, 1.165) is 0 Å². The van der Waals surface area contributed by atoms with Crippen molar-refractivity contribution in [1.82, 2.24) is 0 Å². The molecule has 0 aliphatic rings. The monoisotopic (exact) mass is 246 g/mol. The van der Waals surface area contributed by atoms with Crippen molar-refractivity contribution < 1.29 is 30.7 Å². The number of rotatable bonds is 1. The van der Waals surface area contributed by atoms with Gasteiger partial charge in [0.15, 0.2) is 0 Å². The molecule has 8 heteroatoms. The Hall–Kier alpha value is 0.0684. The van der Waals surface area contributed by atoms with Gasteiger partial charge in [0.2, 0.25) is 0 Å². The summed E-state index contributed by atoms with van der Waals surface area (Å²) in [5.74, 6) is 0. The van der Waals surface area contributed by atoms with Gasteiger partial charge in [-0.1, -0.05) is 0 Å². The average Bonchev–Trinajstić information content (AvgIpc) is 1.56. The summed E-state index contributed by atoms with van der Waals surface area (Å²) in [6.07, 6.45) is 0. The number of alkyl halides is 7. The van der Waals surface area contributed by atoms with Crippen LogP contribution in [0.1, 0.15) is 0 Å². The molecule has 0 nitrogen and oxygen atoms in total. The Labute approximate surface area is 61.6 Å². The molecule has 0 unspecified atom stereocenters. The Bertz CT molecular complexity index is 109. The van der Waals surface area contributed by atoms with E-state index in [1.165, 1.54) is 0 Å². The summed E-state index contributed by atoms with van der Waals surface area (Å²) in [6.45, 7) is 0. The number of hydrogen-bond donors (Lipinski definition) is 0. The van der Waals surface area contributed by atoms with Crippen molar-refractivity contribution >= 4 is 14.7 Å². The van der Waals surface area contributed by atoms with Crippen molar-refractivity contribution in [3.8, 4) is 0 Å². The Morgan fingerprint density at radius 1 is 0.818 bits per heavy atom. The molecule has 0 spiro atoms. The van der Waals surface area contributed by atoms with Crippen LogP contribution in [0, 0.1) is 0 Å². The molecule has 0 atom stereocenters. The van der Waals surface area contributed by atoms with Crippen LogP contribution in [-0.4, -0.2) is 30.0 Å². The van der Waals surface area contributed by atoms with E-state index in [1.54, 1.807) is 0 Å². The van der Waals surface area contributed by atoms with E-state index in [1.807, 2.05) is 0 Å². The summed E-state index contributed by atoms with van der Waals surface area (Å²) in [5, 5.41) is 0. The summed E-state index contributed by atoms with van der Waals surface area (Å²) < 4.78 is 79.2. The molecule has 0 bridgehead atoms. The molecule has 68 valence electrons. The predicted octanol–water partition coefficient (Wildman–Crippen LogP) is 2.19. The van der Waals surface area contributed by atoms with Crippen molar-refractivity contribution in [2.24, 2.45) is 0 Å². The topological polar surface area (TPSA) is 0 Å². The van der Waals surface area contributed by atoms with E-state index in [2.05, 4.69) is 0 Å². The first-order valence-corrected chi connectivity index (χ1v) is 5.37. The van der Waals surface area contributed by atoms with E-state index < -0.39 is 30.0 Å². The standard InChI is InChI=1S/C3H2AsF7/c5-1-4(2(6,7)8)3(9,10)11/h1H2. The Morgan fingerprint density at radius 2 is 1.09 bits per heavy atom. The van der Waals surface area contributed by atoms with E-state index >= 15 is 0 Å². The summed E-state index contributed by atoms with van der Waals surface area (Å²) in [6, 6.07) is 0. The SMILES string of the molecule is FC[As](C(F)(F)F)C(F)(F)F. The van der Waals surface area contributed by atoms with Crippen molar-refractivity contribution in [3.05, 3.63) is 0 Å². The van der Waals surface area contributed by atoms with Gasteiger partial charge in [-0.15, -0.1) is 0 Å². The van der Waals surface area contributed by atoms with Crippen LogP contribution >= 0.6 is 0 Å². The molecule has 0 fully saturated rings. The van der Waals surface area contributed by atoms with E-state index in [-0.39, 0.29) is 0 Å². The van der Waals surface area contributed by atoms with Crippen molar-refractivity contribution in [2.75, 3.05) is 5.46 Å². The minimum absolute atomic E-state index is 2.32. The first-order valence-electron chi connectivity index (χ1n) is 2.16. The van der Waals surface area contributed by atoms with Gasteiger partial charge in [-0.25, -0.2) is 0 Å². The van der Waals surface area contributed by atoms with Gasteiger partial charge < -0.3 is 0 Å². The zero-order valence-corrected chi connectivity index (χ0v) is 6.68. The van der Waals surface area contributed by atoms with Crippen LogP contribution in [0.5, 0.6) is 0 Å². The second kappa shape index (κ2) is 3.21. The second-order valence-electron chi connectivity index (χ2n) is 1.48. The first kappa shape index (κ1) is 11.1. The third kappa shape index (κ3) is 3.31. The van der Waals surface area contributed by atoms with E-state index in [4.69, 9.17) is 0 Å². The maximum atomic E-state index is 11.3. The zero-order valence-electron chi connectivity index (χ0n) is 4.80. The Kier molecular flexibility index (Phi) is 3.23. The second-order valence-corrected chi connectivity index (χ2v) is 5.91. The molecule has 0 aromatic heterocycles. The molecule has 0 saturated carbocycles. The molecule has 0 amide bonds. The summed E-state index contributed by atoms with van der Waals surface area (Å²) in [7, 11) is 0. The summed E-state index contributed by atoms with van der Waals surface area (Å²) >= 11 is -5.33. The van der Waals surface area contributed by atoms with Crippen LogP contribution in [-0.2, 0) is 0 Å². The summed E-state index contributed by atoms with van der Waals surface area (Å²) in [4.78, 5) is -10.8. The molecule has 0 aliphatic heterocycles. The molecule has 0 N–H and O–H groups in total. The van der Waals surface area contributed by atoms with Crippen LogP contribution in [0.15, 0.2) is 0 Å². The van der Waals surface area contributed by atoms with Crippen molar-refractivity contribution in [1.29, 1.82) is 0 Å². The van der Waals surface area contributed by atoms with Crippen LogP contribution < -0.4 is 0 Å². The van der Waals surface area contributed by atoms with Gasteiger partial charge in [0.25, 0.3) is 0 Å². The predicted molar refractivity (Wildman–Crippen MR) is 23.8 cm³/mol. The van der Waals surface area contributed by atoms with Crippen molar-refractivity contribution in [2.45, 2.75) is 9.93 Å². The molecule has 0 saturated heterocycles. The third-order valence-electron chi connectivity index (χ3n) is 0.732.